The maximum Gasteiger partial charge on any atom is 0.472 e. The van der Waals surface area contributed by atoms with Crippen LogP contribution in [0.25, 0.3) is 0 Å². The van der Waals surface area contributed by atoms with Gasteiger partial charge >= 0.3 is 39.5 Å². The van der Waals surface area contributed by atoms with E-state index in [4.69, 9.17) is 37.0 Å². The van der Waals surface area contributed by atoms with Crippen LogP contribution < -0.4 is 0 Å². The molecule has 0 aromatic heterocycles. The highest BCUT2D eigenvalue weighted by atomic mass is 31.2. The van der Waals surface area contributed by atoms with Crippen LogP contribution in [0.1, 0.15) is 387 Å². The monoisotopic (exact) mass is 1510 g/mol. The number of hydrogen-bond acceptors (Lipinski definition) is 15. The van der Waals surface area contributed by atoms with E-state index in [-0.39, 0.29) is 25.7 Å². The van der Waals surface area contributed by atoms with Crippen LogP contribution >= 0.6 is 15.6 Å². The molecular formula is C85H154O17P2. The summed E-state index contributed by atoms with van der Waals surface area (Å²) in [6.45, 7) is 4.80. The Bertz CT molecular complexity index is 2250. The fraction of sp³-hybridized carbons (Fsp3) is 0.812. The van der Waals surface area contributed by atoms with E-state index in [2.05, 4.69) is 101 Å². The fourth-order valence-corrected chi connectivity index (χ4v) is 13.4. The van der Waals surface area contributed by atoms with Gasteiger partial charge in [-0.3, -0.25) is 37.3 Å². The van der Waals surface area contributed by atoms with Crippen molar-refractivity contribution in [2.75, 3.05) is 39.6 Å². The Morgan fingerprint density at radius 2 is 0.500 bits per heavy atom. The van der Waals surface area contributed by atoms with Crippen molar-refractivity contribution in [1.82, 2.24) is 0 Å². The van der Waals surface area contributed by atoms with Gasteiger partial charge in [-0.2, -0.15) is 0 Å². The fourth-order valence-electron chi connectivity index (χ4n) is 11.8. The number of allylic oxidation sites excluding steroid dienone is 12. The molecule has 0 fully saturated rings. The number of phosphoric ester groups is 2. The first-order valence-electron chi connectivity index (χ1n) is 42.2. The molecule has 5 atom stereocenters. The maximum atomic E-state index is 13.1. The number of unbranched alkanes of at least 4 members (excludes halogenated alkanes) is 42. The third kappa shape index (κ3) is 76.7. The standard InChI is InChI=1S/C85H154O17P2/c1-5-9-13-17-21-25-29-33-37-38-39-40-44-46-50-54-58-62-66-70-83(88)96-76-81(102-85(90)72-68-64-60-56-52-48-43-36-32-28-24-20-16-12-8-4)78-100-104(93,94)98-74-79(86)73-97-103(91,92)99-77-80(101-84(89)71-67-63-59-55-51-47-42-35-31-27-23-19-15-11-7-3)75-95-82(87)69-65-61-57-53-49-45-41-34-30-26-22-18-14-10-6-2/h9,13,21,24-25,28,33,36-37,39-40,43,79-81,86H,5-8,10-12,14-20,22-23,26-27,29-32,34-35,38,41-42,44-78H2,1-4H3,(H,91,92)(H,93,94)/b13-9-,25-21-,28-24-,37-33-,40-39-,43-36-. The minimum absolute atomic E-state index is 0.0781. The quantitative estimate of drug-likeness (QED) is 0.0169. The minimum Gasteiger partial charge on any atom is -0.462 e. The maximum absolute atomic E-state index is 13.1. The van der Waals surface area contributed by atoms with Gasteiger partial charge in [-0.05, 0) is 96.3 Å². The lowest BCUT2D eigenvalue weighted by atomic mass is 10.0. The van der Waals surface area contributed by atoms with Crippen molar-refractivity contribution in [1.29, 1.82) is 0 Å². The van der Waals surface area contributed by atoms with Crippen molar-refractivity contribution >= 4 is 39.5 Å². The second kappa shape index (κ2) is 77.7. The number of aliphatic hydroxyl groups is 1. The number of ether oxygens (including phenoxy) is 4. The zero-order valence-corrected chi connectivity index (χ0v) is 68.2. The summed E-state index contributed by atoms with van der Waals surface area (Å²) in [5, 5.41) is 10.7. The molecule has 0 saturated carbocycles. The number of hydrogen-bond donors (Lipinski definition) is 3. The Balaban J connectivity index is 5.34. The Kier molecular flexibility index (Phi) is 75.0. The van der Waals surface area contributed by atoms with Gasteiger partial charge in [0.05, 0.1) is 26.4 Å². The molecular weight excluding hydrogens is 1350 g/mol. The number of carbonyl (C=O) groups is 4. The molecule has 19 heteroatoms. The summed E-state index contributed by atoms with van der Waals surface area (Å²) in [7, 11) is -9.95. The van der Waals surface area contributed by atoms with Crippen molar-refractivity contribution < 1.29 is 80.2 Å². The lowest BCUT2D eigenvalue weighted by Crippen LogP contribution is -2.30. The van der Waals surface area contributed by atoms with Crippen molar-refractivity contribution in [3.63, 3.8) is 0 Å². The van der Waals surface area contributed by atoms with E-state index in [0.29, 0.717) is 25.7 Å². The highest BCUT2D eigenvalue weighted by Gasteiger charge is 2.30. The second-order valence-corrected chi connectivity index (χ2v) is 31.3. The van der Waals surface area contributed by atoms with Gasteiger partial charge in [-0.1, -0.05) is 338 Å². The summed E-state index contributed by atoms with van der Waals surface area (Å²) in [5.41, 5.74) is 0. The molecule has 0 aliphatic rings. The van der Waals surface area contributed by atoms with Crippen LogP contribution in [-0.4, -0.2) is 96.7 Å². The van der Waals surface area contributed by atoms with Crippen LogP contribution in [0.3, 0.4) is 0 Å². The van der Waals surface area contributed by atoms with E-state index < -0.39 is 97.5 Å². The summed E-state index contributed by atoms with van der Waals surface area (Å²) in [6.07, 6.45) is 80.0. The van der Waals surface area contributed by atoms with Crippen LogP contribution in [0.15, 0.2) is 72.9 Å². The third-order valence-electron chi connectivity index (χ3n) is 18.2. The summed E-state index contributed by atoms with van der Waals surface area (Å²) >= 11 is 0. The topological polar surface area (TPSA) is 237 Å². The summed E-state index contributed by atoms with van der Waals surface area (Å²) < 4.78 is 68.8. The molecule has 0 aromatic carbocycles. The number of aliphatic hydroxyl groups excluding tert-OH is 1. The van der Waals surface area contributed by atoms with Crippen molar-refractivity contribution in [2.45, 2.75) is 406 Å². The molecule has 0 radical (unpaired) electrons. The van der Waals surface area contributed by atoms with Crippen molar-refractivity contribution in [3.8, 4) is 0 Å². The molecule has 0 aliphatic carbocycles. The predicted octanol–water partition coefficient (Wildman–Crippen LogP) is 24.8. The highest BCUT2D eigenvalue weighted by Crippen LogP contribution is 2.45. The van der Waals surface area contributed by atoms with Gasteiger partial charge < -0.3 is 33.8 Å². The summed E-state index contributed by atoms with van der Waals surface area (Å²) in [6, 6.07) is 0. The molecule has 0 bridgehead atoms. The van der Waals surface area contributed by atoms with Gasteiger partial charge in [-0.15, -0.1) is 0 Å². The van der Waals surface area contributed by atoms with Crippen molar-refractivity contribution in [3.05, 3.63) is 72.9 Å². The second-order valence-electron chi connectivity index (χ2n) is 28.4. The largest absolute Gasteiger partial charge is 0.472 e. The third-order valence-corrected chi connectivity index (χ3v) is 20.1. The van der Waals surface area contributed by atoms with Crippen LogP contribution in [0, 0.1) is 0 Å². The molecule has 606 valence electrons. The van der Waals surface area contributed by atoms with Crippen LogP contribution in [0.5, 0.6) is 0 Å². The van der Waals surface area contributed by atoms with E-state index in [0.717, 1.165) is 154 Å². The lowest BCUT2D eigenvalue weighted by Gasteiger charge is -2.21. The summed E-state index contributed by atoms with van der Waals surface area (Å²) in [4.78, 5) is 73.2. The minimum atomic E-state index is -4.98. The Hall–Kier alpha value is -3.50. The molecule has 0 aromatic rings. The normalized spacial score (nSPS) is 14.2. The van der Waals surface area contributed by atoms with E-state index in [9.17, 15) is 43.2 Å². The SMILES string of the molecule is CC/C=C\C/C=C\C/C=C\C/C=C\CCCCCCCCC(=O)OCC(COP(=O)(O)OCC(O)COP(=O)(O)OCC(COC(=O)CCCCCCCCCCCCCCCCC)OC(=O)CCCCCCCCCCCCCCCCC)OC(=O)CCCCCCC/C=C\C/C=C\CCCCC. The number of esters is 4. The molecule has 0 amide bonds. The Morgan fingerprint density at radius 3 is 0.788 bits per heavy atom. The van der Waals surface area contributed by atoms with Gasteiger partial charge in [0.2, 0.25) is 0 Å². The van der Waals surface area contributed by atoms with Gasteiger partial charge in [0, 0.05) is 25.7 Å². The van der Waals surface area contributed by atoms with Gasteiger partial charge in [0.1, 0.15) is 19.3 Å². The number of carbonyl (C=O) groups excluding carboxylic acids is 4. The highest BCUT2D eigenvalue weighted by molar-refractivity contribution is 7.47. The van der Waals surface area contributed by atoms with Crippen LogP contribution in [-0.2, 0) is 65.4 Å². The molecule has 104 heavy (non-hydrogen) atoms. The molecule has 0 rings (SSSR count). The first-order chi connectivity index (χ1) is 50.7. The van der Waals surface area contributed by atoms with E-state index in [1.807, 2.05) is 0 Å². The van der Waals surface area contributed by atoms with Crippen molar-refractivity contribution in [2.24, 2.45) is 0 Å². The van der Waals surface area contributed by atoms with E-state index >= 15 is 0 Å². The zero-order valence-electron chi connectivity index (χ0n) is 66.5. The average molecular weight is 1510 g/mol. The molecule has 17 nitrogen and oxygen atoms in total. The van der Waals surface area contributed by atoms with Crippen LogP contribution in [0.4, 0.5) is 0 Å². The first kappa shape index (κ1) is 100. The summed E-state index contributed by atoms with van der Waals surface area (Å²) in [5.74, 6) is -2.17. The number of rotatable bonds is 80. The molecule has 0 aliphatic heterocycles. The predicted molar refractivity (Wildman–Crippen MR) is 427 cm³/mol. The molecule has 0 spiro atoms. The van der Waals surface area contributed by atoms with Gasteiger partial charge in [0.15, 0.2) is 12.2 Å². The van der Waals surface area contributed by atoms with Crippen LogP contribution in [0.2, 0.25) is 0 Å². The van der Waals surface area contributed by atoms with E-state index in [1.165, 1.54) is 154 Å². The molecule has 0 heterocycles. The Labute approximate surface area is 634 Å². The molecule has 0 saturated heterocycles. The first-order valence-corrected chi connectivity index (χ1v) is 45.2. The smallest absolute Gasteiger partial charge is 0.462 e. The zero-order chi connectivity index (χ0) is 76.0. The van der Waals surface area contributed by atoms with E-state index in [1.54, 1.807) is 0 Å². The van der Waals surface area contributed by atoms with Gasteiger partial charge in [-0.25, -0.2) is 9.13 Å². The average Bonchev–Trinajstić information content (AvgIpc) is 0.918. The molecule has 3 N–H and O–H groups in total. The lowest BCUT2D eigenvalue weighted by molar-refractivity contribution is -0.161. The number of phosphoric acid groups is 2. The van der Waals surface area contributed by atoms with Gasteiger partial charge in [0.25, 0.3) is 0 Å². The molecule has 5 unspecified atom stereocenters. The Morgan fingerprint density at radius 1 is 0.279 bits per heavy atom.